The summed E-state index contributed by atoms with van der Waals surface area (Å²) in [4.78, 5) is 0.308. The van der Waals surface area contributed by atoms with Crippen molar-refractivity contribution < 1.29 is 26.3 Å². The van der Waals surface area contributed by atoms with Crippen LogP contribution in [-0.4, -0.2) is 0 Å². The standard InChI is InChI=1S/C24H20F6S/c1-5-9-17-19(23(25,26)27)11-15(7-3)13-21(17)31-22-14-16(8-4)12-20(24(28,29)30)18(22)10-6-2/h11-14H,7-8H2,1-4H3. The zero-order chi connectivity index (χ0) is 23.4. The highest BCUT2D eigenvalue weighted by molar-refractivity contribution is 7.99. The number of rotatable bonds is 4. The van der Waals surface area contributed by atoms with Crippen LogP contribution in [0.15, 0.2) is 34.1 Å². The van der Waals surface area contributed by atoms with Crippen molar-refractivity contribution in [2.45, 2.75) is 62.7 Å². The van der Waals surface area contributed by atoms with E-state index in [0.29, 0.717) is 24.0 Å². The first-order valence-electron chi connectivity index (χ1n) is 9.47. The largest absolute Gasteiger partial charge is 0.417 e. The zero-order valence-electron chi connectivity index (χ0n) is 17.4. The molecular weight excluding hydrogens is 434 g/mol. The summed E-state index contributed by atoms with van der Waals surface area (Å²) in [6.45, 7) is 6.25. The minimum Gasteiger partial charge on any atom is -0.166 e. The second kappa shape index (κ2) is 9.75. The van der Waals surface area contributed by atoms with Crippen molar-refractivity contribution in [3.05, 3.63) is 57.6 Å². The molecule has 0 aliphatic rings. The minimum absolute atomic E-state index is 0.154. The van der Waals surface area contributed by atoms with Gasteiger partial charge in [0.2, 0.25) is 0 Å². The van der Waals surface area contributed by atoms with E-state index in [9.17, 15) is 26.3 Å². The molecule has 0 radical (unpaired) electrons. The van der Waals surface area contributed by atoms with Crippen LogP contribution in [0, 0.1) is 23.7 Å². The van der Waals surface area contributed by atoms with E-state index in [1.54, 1.807) is 26.0 Å². The van der Waals surface area contributed by atoms with Crippen LogP contribution in [-0.2, 0) is 25.2 Å². The van der Waals surface area contributed by atoms with Gasteiger partial charge in [0.1, 0.15) is 0 Å². The third-order valence-electron chi connectivity index (χ3n) is 4.47. The fourth-order valence-corrected chi connectivity index (χ4v) is 4.17. The van der Waals surface area contributed by atoms with E-state index >= 15 is 0 Å². The lowest BCUT2D eigenvalue weighted by Crippen LogP contribution is -2.11. The molecule has 31 heavy (non-hydrogen) atoms. The van der Waals surface area contributed by atoms with E-state index in [4.69, 9.17) is 0 Å². The summed E-state index contributed by atoms with van der Waals surface area (Å²) in [5.41, 5.74) is -1.44. The second-order valence-electron chi connectivity index (χ2n) is 6.59. The Kier molecular flexibility index (Phi) is 7.78. The van der Waals surface area contributed by atoms with Gasteiger partial charge < -0.3 is 0 Å². The molecule has 2 aromatic rings. The van der Waals surface area contributed by atoms with Crippen molar-refractivity contribution in [2.75, 3.05) is 0 Å². The first-order valence-corrected chi connectivity index (χ1v) is 10.3. The van der Waals surface area contributed by atoms with Gasteiger partial charge in [-0.3, -0.25) is 0 Å². The quantitative estimate of drug-likeness (QED) is 0.336. The molecule has 0 heterocycles. The third-order valence-corrected chi connectivity index (χ3v) is 5.55. The van der Waals surface area contributed by atoms with Crippen LogP contribution in [0.25, 0.3) is 0 Å². The highest BCUT2D eigenvalue weighted by Crippen LogP contribution is 2.43. The number of hydrogen-bond donors (Lipinski definition) is 0. The summed E-state index contributed by atoms with van der Waals surface area (Å²) >= 11 is 0.835. The lowest BCUT2D eigenvalue weighted by molar-refractivity contribution is -0.138. The average Bonchev–Trinajstić information content (AvgIpc) is 2.68. The fourth-order valence-electron chi connectivity index (χ4n) is 2.99. The van der Waals surface area contributed by atoms with Crippen molar-refractivity contribution in [3.63, 3.8) is 0 Å². The Hall–Kier alpha value is -2.51. The smallest absolute Gasteiger partial charge is 0.166 e. The van der Waals surface area contributed by atoms with Crippen LogP contribution in [0.5, 0.6) is 0 Å². The summed E-state index contributed by atoms with van der Waals surface area (Å²) in [7, 11) is 0. The number of alkyl halides is 6. The molecule has 0 amide bonds. The SMILES string of the molecule is CC#Cc1c(Sc2cc(CC)cc(C(F)(F)F)c2C#CC)cc(CC)cc1C(F)(F)F. The monoisotopic (exact) mass is 454 g/mol. The van der Waals surface area contributed by atoms with Crippen molar-refractivity contribution >= 4 is 11.8 Å². The first-order chi connectivity index (χ1) is 14.5. The molecule has 0 saturated carbocycles. The van der Waals surface area contributed by atoms with Gasteiger partial charge in [-0.1, -0.05) is 37.5 Å². The summed E-state index contributed by atoms with van der Waals surface area (Å²) in [5.74, 6) is 9.97. The maximum Gasteiger partial charge on any atom is 0.417 e. The molecule has 0 atom stereocenters. The second-order valence-corrected chi connectivity index (χ2v) is 7.67. The summed E-state index contributed by atoms with van der Waals surface area (Å²) in [5, 5.41) is 0. The Bertz CT molecular complexity index is 998. The maximum atomic E-state index is 13.7. The molecule has 0 N–H and O–H groups in total. The van der Waals surface area contributed by atoms with Crippen molar-refractivity contribution in [2.24, 2.45) is 0 Å². The Balaban J connectivity index is 2.86. The van der Waals surface area contributed by atoms with Gasteiger partial charge in [0.15, 0.2) is 0 Å². The summed E-state index contributed by atoms with van der Waals surface area (Å²) < 4.78 is 82.2. The fraction of sp³-hybridized carbons (Fsp3) is 0.333. The molecule has 0 fully saturated rings. The highest BCUT2D eigenvalue weighted by atomic mass is 32.2. The van der Waals surface area contributed by atoms with Gasteiger partial charge in [0, 0.05) is 9.79 Å². The van der Waals surface area contributed by atoms with Crippen LogP contribution in [0.3, 0.4) is 0 Å². The van der Waals surface area contributed by atoms with Crippen LogP contribution in [0.1, 0.15) is 61.1 Å². The molecule has 0 aliphatic heterocycles. The van der Waals surface area contributed by atoms with Gasteiger partial charge in [-0.05, 0) is 62.1 Å². The lowest BCUT2D eigenvalue weighted by Gasteiger charge is -2.18. The molecule has 0 aliphatic carbocycles. The van der Waals surface area contributed by atoms with Crippen molar-refractivity contribution in [3.8, 4) is 23.7 Å². The maximum absolute atomic E-state index is 13.7. The molecule has 2 rings (SSSR count). The lowest BCUT2D eigenvalue weighted by atomic mass is 10.0. The topological polar surface area (TPSA) is 0 Å². The van der Waals surface area contributed by atoms with Gasteiger partial charge in [-0.2, -0.15) is 26.3 Å². The summed E-state index contributed by atoms with van der Waals surface area (Å²) in [6.07, 6.45) is -8.62. The van der Waals surface area contributed by atoms with Gasteiger partial charge >= 0.3 is 12.4 Å². The van der Waals surface area contributed by atoms with E-state index in [1.165, 1.54) is 13.8 Å². The van der Waals surface area contributed by atoms with Gasteiger partial charge in [0.25, 0.3) is 0 Å². The molecular formula is C24H20F6S. The molecule has 0 saturated heterocycles. The predicted octanol–water partition coefficient (Wildman–Crippen LogP) is 7.74. The first kappa shape index (κ1) is 24.8. The molecule has 164 valence electrons. The Morgan fingerprint density at radius 3 is 1.29 bits per heavy atom. The molecule has 0 nitrogen and oxygen atoms in total. The van der Waals surface area contributed by atoms with Crippen LogP contribution < -0.4 is 0 Å². The van der Waals surface area contributed by atoms with E-state index < -0.39 is 23.5 Å². The zero-order valence-corrected chi connectivity index (χ0v) is 18.2. The summed E-state index contributed by atoms with van der Waals surface area (Å²) in [6, 6.07) is 5.18. The third kappa shape index (κ3) is 5.80. The average molecular weight is 454 g/mol. The van der Waals surface area contributed by atoms with E-state index in [-0.39, 0.29) is 20.9 Å². The minimum atomic E-state index is -4.64. The molecule has 0 unspecified atom stereocenters. The number of halogens is 6. The highest BCUT2D eigenvalue weighted by Gasteiger charge is 2.36. The Morgan fingerprint density at radius 2 is 1.03 bits per heavy atom. The molecule has 7 heteroatoms. The molecule has 2 aromatic carbocycles. The Labute approximate surface area is 182 Å². The normalized spacial score (nSPS) is 11.4. The van der Waals surface area contributed by atoms with Crippen LogP contribution in [0.2, 0.25) is 0 Å². The predicted molar refractivity (Wildman–Crippen MR) is 111 cm³/mol. The molecule has 0 spiro atoms. The van der Waals surface area contributed by atoms with E-state index in [0.717, 1.165) is 23.9 Å². The van der Waals surface area contributed by atoms with Gasteiger partial charge in [-0.25, -0.2) is 0 Å². The number of benzene rings is 2. The molecule has 0 bridgehead atoms. The van der Waals surface area contributed by atoms with Crippen LogP contribution in [0.4, 0.5) is 26.3 Å². The Morgan fingerprint density at radius 1 is 0.677 bits per heavy atom. The van der Waals surface area contributed by atoms with Gasteiger partial charge in [-0.15, -0.1) is 11.8 Å². The van der Waals surface area contributed by atoms with Gasteiger partial charge in [0.05, 0.1) is 22.3 Å². The number of aryl methyl sites for hydroxylation is 2. The van der Waals surface area contributed by atoms with Crippen LogP contribution >= 0.6 is 11.8 Å². The molecule has 0 aromatic heterocycles. The number of hydrogen-bond acceptors (Lipinski definition) is 1. The van der Waals surface area contributed by atoms with Crippen molar-refractivity contribution in [1.82, 2.24) is 0 Å². The van der Waals surface area contributed by atoms with Crippen molar-refractivity contribution in [1.29, 1.82) is 0 Å². The van der Waals surface area contributed by atoms with E-state index in [2.05, 4.69) is 23.7 Å². The van der Waals surface area contributed by atoms with E-state index in [1.807, 2.05) is 0 Å².